The maximum absolute atomic E-state index is 13.5. The van der Waals surface area contributed by atoms with Crippen LogP contribution in [-0.4, -0.2) is 32.5 Å². The molecular formula is C29H23Cl3N4O4S. The SMILES string of the molecule is C/C(=N/NC(=O)CN(c1ccc(Cl)cc1Cl)S(=O)(=O)c1ccccc1)c1cccc(NC(=O)c2cccc(Cl)c2)c1. The van der Waals surface area contributed by atoms with E-state index in [2.05, 4.69) is 15.8 Å². The van der Waals surface area contributed by atoms with E-state index < -0.39 is 22.5 Å². The first kappa shape index (κ1) is 30.1. The molecule has 0 aliphatic carbocycles. The van der Waals surface area contributed by atoms with E-state index in [9.17, 15) is 18.0 Å². The summed E-state index contributed by atoms with van der Waals surface area (Å²) >= 11 is 18.3. The molecule has 0 bridgehead atoms. The second kappa shape index (κ2) is 13.2. The number of nitrogens with zero attached hydrogens (tertiary/aromatic N) is 2. The van der Waals surface area contributed by atoms with E-state index in [-0.39, 0.29) is 21.5 Å². The number of sulfonamides is 1. The fraction of sp³-hybridized carbons (Fsp3) is 0.0690. The van der Waals surface area contributed by atoms with E-state index in [0.29, 0.717) is 32.6 Å². The summed E-state index contributed by atoms with van der Waals surface area (Å²) in [5.74, 6) is -1.05. The van der Waals surface area contributed by atoms with Gasteiger partial charge in [0.25, 0.3) is 21.8 Å². The topological polar surface area (TPSA) is 108 Å². The quantitative estimate of drug-likeness (QED) is 0.160. The maximum atomic E-state index is 13.5. The zero-order valence-corrected chi connectivity index (χ0v) is 24.6. The molecule has 4 aromatic rings. The third kappa shape index (κ3) is 7.65. The van der Waals surface area contributed by atoms with Crippen molar-refractivity contribution in [2.75, 3.05) is 16.2 Å². The highest BCUT2D eigenvalue weighted by Crippen LogP contribution is 2.32. The highest BCUT2D eigenvalue weighted by Gasteiger charge is 2.28. The highest BCUT2D eigenvalue weighted by molar-refractivity contribution is 7.92. The predicted octanol–water partition coefficient (Wildman–Crippen LogP) is 6.63. The van der Waals surface area contributed by atoms with Crippen molar-refractivity contribution in [3.8, 4) is 0 Å². The van der Waals surface area contributed by atoms with Gasteiger partial charge in [0.05, 0.1) is 21.3 Å². The maximum Gasteiger partial charge on any atom is 0.264 e. The first-order valence-corrected chi connectivity index (χ1v) is 14.7. The van der Waals surface area contributed by atoms with Crippen molar-refractivity contribution in [3.63, 3.8) is 0 Å². The summed E-state index contributed by atoms with van der Waals surface area (Å²) in [6.45, 7) is 1.05. The average molecular weight is 630 g/mol. The van der Waals surface area contributed by atoms with Crippen LogP contribution in [-0.2, 0) is 14.8 Å². The number of benzene rings is 4. The zero-order chi connectivity index (χ0) is 29.6. The van der Waals surface area contributed by atoms with Gasteiger partial charge in [-0.3, -0.25) is 13.9 Å². The molecule has 41 heavy (non-hydrogen) atoms. The van der Waals surface area contributed by atoms with Gasteiger partial charge in [0.1, 0.15) is 6.54 Å². The summed E-state index contributed by atoms with van der Waals surface area (Å²) in [6.07, 6.45) is 0. The highest BCUT2D eigenvalue weighted by atomic mass is 35.5. The number of rotatable bonds is 9. The van der Waals surface area contributed by atoms with E-state index in [0.717, 1.165) is 4.31 Å². The molecule has 0 heterocycles. The number of nitrogens with one attached hydrogen (secondary N) is 2. The minimum atomic E-state index is -4.17. The van der Waals surface area contributed by atoms with E-state index in [1.54, 1.807) is 73.7 Å². The second-order valence-electron chi connectivity index (χ2n) is 8.70. The Morgan fingerprint density at radius 2 is 1.49 bits per heavy atom. The number of hydrogen-bond acceptors (Lipinski definition) is 5. The van der Waals surface area contributed by atoms with Crippen LogP contribution in [0.25, 0.3) is 0 Å². The van der Waals surface area contributed by atoms with Crippen LogP contribution in [0.1, 0.15) is 22.8 Å². The molecule has 0 unspecified atom stereocenters. The molecule has 4 aromatic carbocycles. The van der Waals surface area contributed by atoms with Crippen LogP contribution < -0.4 is 15.0 Å². The fourth-order valence-electron chi connectivity index (χ4n) is 3.73. The van der Waals surface area contributed by atoms with Gasteiger partial charge in [-0.05, 0) is 73.2 Å². The van der Waals surface area contributed by atoms with Crippen molar-refractivity contribution in [3.05, 3.63) is 123 Å². The summed E-state index contributed by atoms with van der Waals surface area (Å²) in [6, 6.07) is 25.4. The zero-order valence-electron chi connectivity index (χ0n) is 21.5. The van der Waals surface area contributed by atoms with Gasteiger partial charge in [-0.25, -0.2) is 13.8 Å². The van der Waals surface area contributed by atoms with Crippen LogP contribution >= 0.6 is 34.8 Å². The summed E-state index contributed by atoms with van der Waals surface area (Å²) in [5.41, 5.74) is 4.42. The standard InChI is InChI=1S/C29H23Cl3N4O4S/c1-19(20-7-6-10-24(16-20)33-29(38)21-8-5-9-22(30)15-21)34-35-28(37)18-36(27-14-13-23(31)17-26(27)32)41(39,40)25-11-3-2-4-12-25/h2-17H,18H2,1H3,(H,33,38)(H,35,37)/b34-19-. The van der Waals surface area contributed by atoms with Gasteiger partial charge in [-0.1, -0.05) is 71.2 Å². The van der Waals surface area contributed by atoms with E-state index in [1.807, 2.05) is 0 Å². The summed E-state index contributed by atoms with van der Waals surface area (Å²) < 4.78 is 27.9. The Hall–Kier alpha value is -3.89. The van der Waals surface area contributed by atoms with Gasteiger partial charge >= 0.3 is 0 Å². The molecule has 0 saturated heterocycles. The smallest absolute Gasteiger partial charge is 0.264 e. The Labute approximate surface area is 252 Å². The van der Waals surface area contributed by atoms with Crippen LogP contribution in [0.2, 0.25) is 15.1 Å². The Bertz CT molecular complexity index is 1730. The van der Waals surface area contributed by atoms with Gasteiger partial charge in [0.2, 0.25) is 0 Å². The molecule has 4 rings (SSSR count). The van der Waals surface area contributed by atoms with Crippen molar-refractivity contribution in [1.82, 2.24) is 5.43 Å². The molecule has 0 aliphatic heterocycles. The minimum absolute atomic E-state index is 0.0184. The molecule has 0 aromatic heterocycles. The van der Waals surface area contributed by atoms with E-state index in [4.69, 9.17) is 34.8 Å². The molecule has 0 spiro atoms. The number of hydrazone groups is 1. The summed E-state index contributed by atoms with van der Waals surface area (Å²) in [5, 5.41) is 7.74. The monoisotopic (exact) mass is 628 g/mol. The van der Waals surface area contributed by atoms with Crippen LogP contribution in [0.3, 0.4) is 0 Å². The minimum Gasteiger partial charge on any atom is -0.322 e. The van der Waals surface area contributed by atoms with Crippen molar-refractivity contribution in [2.24, 2.45) is 5.10 Å². The van der Waals surface area contributed by atoms with Crippen molar-refractivity contribution in [2.45, 2.75) is 11.8 Å². The Balaban J connectivity index is 1.52. The van der Waals surface area contributed by atoms with Gasteiger partial charge in [0, 0.05) is 21.3 Å². The van der Waals surface area contributed by atoms with Crippen LogP contribution in [0.5, 0.6) is 0 Å². The number of halogens is 3. The lowest BCUT2D eigenvalue weighted by atomic mass is 10.1. The van der Waals surface area contributed by atoms with E-state index in [1.165, 1.54) is 30.3 Å². The van der Waals surface area contributed by atoms with Gasteiger partial charge < -0.3 is 5.32 Å². The van der Waals surface area contributed by atoms with E-state index >= 15 is 0 Å². The first-order valence-electron chi connectivity index (χ1n) is 12.1. The Morgan fingerprint density at radius 1 is 0.805 bits per heavy atom. The fourth-order valence-corrected chi connectivity index (χ4v) is 5.95. The third-order valence-corrected chi connectivity index (χ3v) is 8.32. The molecule has 0 saturated carbocycles. The average Bonchev–Trinajstić information content (AvgIpc) is 2.95. The number of carbonyl (C=O) groups is 2. The van der Waals surface area contributed by atoms with Crippen LogP contribution in [0.15, 0.2) is 107 Å². The Kier molecular flexibility index (Phi) is 9.67. The molecule has 12 heteroatoms. The number of anilines is 2. The van der Waals surface area contributed by atoms with Gasteiger partial charge in [-0.15, -0.1) is 0 Å². The molecule has 210 valence electrons. The molecular weight excluding hydrogens is 607 g/mol. The molecule has 0 aliphatic rings. The molecule has 0 radical (unpaired) electrons. The number of amides is 2. The molecule has 2 N–H and O–H groups in total. The largest absolute Gasteiger partial charge is 0.322 e. The summed E-state index contributed by atoms with van der Waals surface area (Å²) in [7, 11) is -4.17. The third-order valence-electron chi connectivity index (χ3n) is 5.77. The lowest BCUT2D eigenvalue weighted by Gasteiger charge is -2.24. The predicted molar refractivity (Wildman–Crippen MR) is 164 cm³/mol. The second-order valence-corrected chi connectivity index (χ2v) is 11.8. The van der Waals surface area contributed by atoms with Crippen LogP contribution in [0.4, 0.5) is 11.4 Å². The van der Waals surface area contributed by atoms with Crippen molar-refractivity contribution in [1.29, 1.82) is 0 Å². The molecule has 0 fully saturated rings. The van der Waals surface area contributed by atoms with Crippen molar-refractivity contribution >= 4 is 73.7 Å². The van der Waals surface area contributed by atoms with Gasteiger partial charge in [-0.2, -0.15) is 5.10 Å². The van der Waals surface area contributed by atoms with Crippen LogP contribution in [0, 0.1) is 0 Å². The first-order chi connectivity index (χ1) is 19.5. The van der Waals surface area contributed by atoms with Gasteiger partial charge in [0.15, 0.2) is 0 Å². The lowest BCUT2D eigenvalue weighted by Crippen LogP contribution is -2.40. The van der Waals surface area contributed by atoms with Crippen molar-refractivity contribution < 1.29 is 18.0 Å². The normalized spacial score (nSPS) is 11.6. The number of carbonyl (C=O) groups excluding carboxylic acids is 2. The lowest BCUT2D eigenvalue weighted by molar-refractivity contribution is -0.119. The number of hydrogen-bond donors (Lipinski definition) is 2. The molecule has 2 amide bonds. The molecule has 0 atom stereocenters. The molecule has 8 nitrogen and oxygen atoms in total. The summed E-state index contributed by atoms with van der Waals surface area (Å²) in [4.78, 5) is 25.5. The Morgan fingerprint density at radius 3 is 2.20 bits per heavy atom.